The minimum atomic E-state index is -0.454. The minimum Gasteiger partial charge on any atom is -0.494 e. The Morgan fingerprint density at radius 3 is 2.58 bits per heavy atom. The lowest BCUT2D eigenvalue weighted by Crippen LogP contribution is -2.36. The maximum atomic E-state index is 13.8. The average molecular weight is 361 g/mol. The number of urea groups is 1. The molecule has 0 bridgehead atoms. The first kappa shape index (κ1) is 19.5. The normalized spacial score (nSPS) is 10.4. The van der Waals surface area contributed by atoms with Gasteiger partial charge in [-0.15, -0.1) is 0 Å². The molecular weight excluding hydrogens is 337 g/mol. The van der Waals surface area contributed by atoms with Crippen molar-refractivity contribution in [3.8, 4) is 11.6 Å². The summed E-state index contributed by atoms with van der Waals surface area (Å²) in [7, 11) is 4.61. The Morgan fingerprint density at radius 1 is 1.23 bits per heavy atom. The van der Waals surface area contributed by atoms with Gasteiger partial charge < -0.3 is 19.7 Å². The summed E-state index contributed by atoms with van der Waals surface area (Å²) in [5.41, 5.74) is 3.35. The number of methoxy groups -OCH3 is 2. The number of carbonyl (C=O) groups excluding carboxylic acids is 1. The van der Waals surface area contributed by atoms with Crippen LogP contribution in [0, 0.1) is 19.7 Å². The number of hydrogen-bond donors (Lipinski definition) is 1. The molecule has 1 heterocycles. The van der Waals surface area contributed by atoms with Gasteiger partial charge in [0.15, 0.2) is 11.6 Å². The lowest BCUT2D eigenvalue weighted by Gasteiger charge is -2.19. The maximum Gasteiger partial charge on any atom is 0.317 e. The highest BCUT2D eigenvalue weighted by atomic mass is 19.1. The molecule has 6 nitrogen and oxygen atoms in total. The van der Waals surface area contributed by atoms with E-state index in [4.69, 9.17) is 9.47 Å². The molecule has 0 saturated carbocycles. The van der Waals surface area contributed by atoms with Crippen molar-refractivity contribution in [1.82, 2.24) is 15.2 Å². The Hall–Kier alpha value is -2.83. The SMILES string of the molecule is COc1ccc(CN(C)C(=O)NCc2c(C)cc(C)nc2OC)cc1F. The number of hydrogen-bond acceptors (Lipinski definition) is 4. The van der Waals surface area contributed by atoms with E-state index in [-0.39, 0.29) is 18.3 Å². The summed E-state index contributed by atoms with van der Waals surface area (Å²) in [4.78, 5) is 18.1. The largest absolute Gasteiger partial charge is 0.494 e. The van der Waals surface area contributed by atoms with Gasteiger partial charge in [0.05, 0.1) is 20.8 Å². The Labute approximate surface area is 152 Å². The van der Waals surface area contributed by atoms with Crippen LogP contribution in [0.25, 0.3) is 0 Å². The quantitative estimate of drug-likeness (QED) is 0.858. The van der Waals surface area contributed by atoms with Crippen molar-refractivity contribution in [2.75, 3.05) is 21.3 Å². The Morgan fingerprint density at radius 2 is 1.96 bits per heavy atom. The van der Waals surface area contributed by atoms with E-state index in [1.54, 1.807) is 26.3 Å². The van der Waals surface area contributed by atoms with Crippen molar-refractivity contribution in [2.24, 2.45) is 0 Å². The van der Waals surface area contributed by atoms with Crippen molar-refractivity contribution >= 4 is 6.03 Å². The number of aryl methyl sites for hydroxylation is 2. The average Bonchev–Trinajstić information content (AvgIpc) is 2.60. The summed E-state index contributed by atoms with van der Waals surface area (Å²) in [6, 6.07) is 6.29. The van der Waals surface area contributed by atoms with Crippen molar-refractivity contribution in [2.45, 2.75) is 26.9 Å². The number of ether oxygens (including phenoxy) is 2. The Kier molecular flexibility index (Phi) is 6.38. The van der Waals surface area contributed by atoms with Gasteiger partial charge in [0.1, 0.15) is 0 Å². The number of benzene rings is 1. The number of nitrogens with zero attached hydrogens (tertiary/aromatic N) is 2. The first-order valence-electron chi connectivity index (χ1n) is 8.18. The maximum absolute atomic E-state index is 13.8. The van der Waals surface area contributed by atoms with Crippen LogP contribution in [0.1, 0.15) is 22.4 Å². The predicted octanol–water partition coefficient (Wildman–Crippen LogP) is 3.20. The van der Waals surface area contributed by atoms with Gasteiger partial charge in [0.25, 0.3) is 0 Å². The zero-order valence-electron chi connectivity index (χ0n) is 15.7. The van der Waals surface area contributed by atoms with Gasteiger partial charge in [0, 0.05) is 24.8 Å². The number of rotatable bonds is 6. The lowest BCUT2D eigenvalue weighted by atomic mass is 10.1. The third-order valence-corrected chi connectivity index (χ3v) is 4.03. The summed E-state index contributed by atoms with van der Waals surface area (Å²) in [5, 5.41) is 2.84. The van der Waals surface area contributed by atoms with Crippen LogP contribution in [-0.4, -0.2) is 37.2 Å². The van der Waals surface area contributed by atoms with Gasteiger partial charge in [-0.25, -0.2) is 14.2 Å². The number of nitrogens with one attached hydrogen (secondary N) is 1. The lowest BCUT2D eigenvalue weighted by molar-refractivity contribution is 0.206. The topological polar surface area (TPSA) is 63.7 Å². The van der Waals surface area contributed by atoms with Gasteiger partial charge in [-0.05, 0) is 43.2 Å². The number of pyridine rings is 1. The molecule has 2 aromatic rings. The number of halogens is 1. The van der Waals surface area contributed by atoms with Crippen LogP contribution in [0.5, 0.6) is 11.6 Å². The van der Waals surface area contributed by atoms with Gasteiger partial charge >= 0.3 is 6.03 Å². The van der Waals surface area contributed by atoms with Crippen molar-refractivity contribution < 1.29 is 18.7 Å². The molecule has 2 rings (SSSR count). The summed E-state index contributed by atoms with van der Waals surface area (Å²) in [5.74, 6) is 0.225. The van der Waals surface area contributed by atoms with Crippen LogP contribution in [0.3, 0.4) is 0 Å². The van der Waals surface area contributed by atoms with E-state index >= 15 is 0 Å². The van der Waals surface area contributed by atoms with Crippen LogP contribution in [0.4, 0.5) is 9.18 Å². The van der Waals surface area contributed by atoms with Crippen molar-refractivity contribution in [3.63, 3.8) is 0 Å². The van der Waals surface area contributed by atoms with Crippen molar-refractivity contribution in [3.05, 3.63) is 52.5 Å². The molecule has 1 N–H and O–H groups in total. The molecular formula is C19H24FN3O3. The molecule has 0 radical (unpaired) electrons. The molecule has 0 atom stereocenters. The van der Waals surface area contributed by atoms with E-state index in [2.05, 4.69) is 10.3 Å². The van der Waals surface area contributed by atoms with Crippen molar-refractivity contribution in [1.29, 1.82) is 0 Å². The summed E-state index contributed by atoms with van der Waals surface area (Å²) in [6.07, 6.45) is 0. The van der Waals surface area contributed by atoms with Crippen LogP contribution in [0.2, 0.25) is 0 Å². The van der Waals surface area contributed by atoms with Crippen LogP contribution >= 0.6 is 0 Å². The molecule has 0 unspecified atom stereocenters. The smallest absolute Gasteiger partial charge is 0.317 e. The zero-order chi connectivity index (χ0) is 19.3. The second-order valence-electron chi connectivity index (χ2n) is 6.05. The molecule has 26 heavy (non-hydrogen) atoms. The summed E-state index contributed by atoms with van der Waals surface area (Å²) >= 11 is 0. The molecule has 140 valence electrons. The molecule has 0 aliphatic carbocycles. The Balaban J connectivity index is 2.01. The predicted molar refractivity (Wildman–Crippen MR) is 96.9 cm³/mol. The second kappa shape index (κ2) is 8.51. The zero-order valence-corrected chi connectivity index (χ0v) is 15.7. The molecule has 1 aromatic heterocycles. The van der Waals surface area contributed by atoms with Gasteiger partial charge in [-0.1, -0.05) is 6.07 Å². The number of aromatic nitrogens is 1. The monoisotopic (exact) mass is 361 g/mol. The molecule has 0 spiro atoms. The van der Waals surface area contributed by atoms with E-state index in [0.717, 1.165) is 16.8 Å². The van der Waals surface area contributed by atoms with Crippen LogP contribution in [-0.2, 0) is 13.1 Å². The summed E-state index contributed by atoms with van der Waals surface area (Å²) in [6.45, 7) is 4.40. The standard InChI is InChI=1S/C19H24FN3O3/c1-12-8-13(2)22-18(26-5)15(12)10-21-19(24)23(3)11-14-6-7-17(25-4)16(20)9-14/h6-9H,10-11H2,1-5H3,(H,21,24). The first-order chi connectivity index (χ1) is 12.3. The van der Waals surface area contributed by atoms with E-state index in [1.807, 2.05) is 19.9 Å². The highest BCUT2D eigenvalue weighted by Gasteiger charge is 2.14. The van der Waals surface area contributed by atoms with Crippen LogP contribution < -0.4 is 14.8 Å². The van der Waals surface area contributed by atoms with E-state index in [0.29, 0.717) is 18.0 Å². The molecule has 7 heteroatoms. The highest BCUT2D eigenvalue weighted by Crippen LogP contribution is 2.21. The van der Waals surface area contributed by atoms with E-state index in [1.165, 1.54) is 18.1 Å². The fourth-order valence-corrected chi connectivity index (χ4v) is 2.67. The van der Waals surface area contributed by atoms with E-state index in [9.17, 15) is 9.18 Å². The highest BCUT2D eigenvalue weighted by molar-refractivity contribution is 5.74. The van der Waals surface area contributed by atoms with Gasteiger partial charge in [-0.2, -0.15) is 0 Å². The third-order valence-electron chi connectivity index (χ3n) is 4.03. The fourth-order valence-electron chi connectivity index (χ4n) is 2.67. The minimum absolute atomic E-state index is 0.176. The fraction of sp³-hybridized carbons (Fsp3) is 0.368. The Bertz CT molecular complexity index is 796. The molecule has 0 fully saturated rings. The van der Waals surface area contributed by atoms with E-state index < -0.39 is 5.82 Å². The third kappa shape index (κ3) is 4.62. The van der Waals surface area contributed by atoms with Gasteiger partial charge in [0.2, 0.25) is 5.88 Å². The van der Waals surface area contributed by atoms with Gasteiger partial charge in [-0.3, -0.25) is 0 Å². The molecule has 0 aliphatic rings. The first-order valence-corrected chi connectivity index (χ1v) is 8.18. The summed E-state index contributed by atoms with van der Waals surface area (Å²) < 4.78 is 24.0. The second-order valence-corrected chi connectivity index (χ2v) is 6.05. The molecule has 2 amide bonds. The molecule has 0 aliphatic heterocycles. The van der Waals surface area contributed by atoms with Crippen LogP contribution in [0.15, 0.2) is 24.3 Å². The molecule has 0 saturated heterocycles. The number of amides is 2. The number of carbonyl (C=O) groups is 1. The molecule has 1 aromatic carbocycles.